The van der Waals surface area contributed by atoms with E-state index in [2.05, 4.69) is 17.6 Å². The van der Waals surface area contributed by atoms with Crippen LogP contribution in [0.3, 0.4) is 0 Å². The number of carbonyl (C=O) groups excluding carboxylic acids is 3. The molecule has 8 nitrogen and oxygen atoms in total. The standard InChI is InChI=1S/C27H39N3O5/c1-4-11-18(2)28-24(33)22-27-15-14-26(3,35-27)20(23(32)29-19-12-7-5-8-13-19)21(27)25(34)30(22)16-9-6-10-17-31/h5,7-8,12-13,18,20-22,31H,4,6,9-11,14-17H2,1-3H3,(H,28,33)(H,29,32)/t18?,20-,21+,22?,26+,27?/m1/s1. The molecule has 35 heavy (non-hydrogen) atoms. The zero-order valence-electron chi connectivity index (χ0n) is 21.1. The van der Waals surface area contributed by atoms with Gasteiger partial charge in [-0.25, -0.2) is 0 Å². The van der Waals surface area contributed by atoms with Gasteiger partial charge in [-0.05, 0) is 64.5 Å². The Morgan fingerprint density at radius 3 is 2.60 bits per heavy atom. The first-order valence-electron chi connectivity index (χ1n) is 13.0. The molecule has 4 rings (SSSR count). The van der Waals surface area contributed by atoms with E-state index in [0.717, 1.165) is 19.3 Å². The van der Waals surface area contributed by atoms with Crippen molar-refractivity contribution in [2.45, 2.75) is 89.0 Å². The molecule has 3 unspecified atom stereocenters. The summed E-state index contributed by atoms with van der Waals surface area (Å²) in [7, 11) is 0. The second-order valence-electron chi connectivity index (χ2n) is 10.6. The van der Waals surface area contributed by atoms with Crippen molar-refractivity contribution in [2.75, 3.05) is 18.5 Å². The average molecular weight is 486 g/mol. The number of unbranched alkanes of at least 4 members (excludes halogenated alkanes) is 2. The van der Waals surface area contributed by atoms with Gasteiger partial charge in [0.2, 0.25) is 17.7 Å². The maximum atomic E-state index is 13.9. The monoisotopic (exact) mass is 485 g/mol. The third-order valence-electron chi connectivity index (χ3n) is 8.02. The van der Waals surface area contributed by atoms with E-state index in [0.29, 0.717) is 37.9 Å². The molecule has 3 saturated heterocycles. The maximum absolute atomic E-state index is 13.9. The molecule has 1 spiro atoms. The minimum Gasteiger partial charge on any atom is -0.396 e. The van der Waals surface area contributed by atoms with Crippen LogP contribution in [-0.2, 0) is 19.1 Å². The fourth-order valence-corrected chi connectivity index (χ4v) is 6.51. The number of benzene rings is 1. The SMILES string of the molecule is CCCC(C)NC(=O)C1N(CCCCCO)C(=O)[C@@H]2[C@H](C(=O)Nc3ccccc3)[C@]3(C)CCC12O3. The van der Waals surface area contributed by atoms with E-state index in [1.807, 2.05) is 44.2 Å². The number of likely N-dealkylation sites (tertiary alicyclic amines) is 1. The summed E-state index contributed by atoms with van der Waals surface area (Å²) in [5, 5.41) is 15.2. The summed E-state index contributed by atoms with van der Waals surface area (Å²) in [6.07, 6.45) is 5.08. The Morgan fingerprint density at radius 2 is 1.91 bits per heavy atom. The lowest BCUT2D eigenvalue weighted by atomic mass is 9.66. The first-order valence-corrected chi connectivity index (χ1v) is 13.0. The van der Waals surface area contributed by atoms with Crippen LogP contribution in [0.4, 0.5) is 5.69 Å². The first-order chi connectivity index (χ1) is 16.8. The Kier molecular flexibility index (Phi) is 7.52. The Bertz CT molecular complexity index is 940. The van der Waals surface area contributed by atoms with E-state index in [9.17, 15) is 14.4 Å². The summed E-state index contributed by atoms with van der Waals surface area (Å²) in [5.41, 5.74) is -1.13. The lowest BCUT2D eigenvalue weighted by Crippen LogP contribution is -2.56. The van der Waals surface area contributed by atoms with Crippen LogP contribution in [0.5, 0.6) is 0 Å². The second kappa shape index (κ2) is 10.3. The number of fused-ring (bicyclic) bond motifs is 1. The molecule has 3 amide bonds. The Balaban J connectivity index is 1.64. The highest BCUT2D eigenvalue weighted by Crippen LogP contribution is 2.63. The van der Waals surface area contributed by atoms with Crippen molar-refractivity contribution in [1.29, 1.82) is 0 Å². The molecule has 0 aromatic heterocycles. The highest BCUT2D eigenvalue weighted by molar-refractivity contribution is 6.02. The average Bonchev–Trinajstić information content (AvgIpc) is 3.38. The summed E-state index contributed by atoms with van der Waals surface area (Å²) in [6.45, 7) is 6.46. The van der Waals surface area contributed by atoms with E-state index in [1.165, 1.54) is 0 Å². The molecule has 8 heteroatoms. The van der Waals surface area contributed by atoms with Crippen LogP contribution >= 0.6 is 0 Å². The fraction of sp³-hybridized carbons (Fsp3) is 0.667. The van der Waals surface area contributed by atoms with E-state index in [1.54, 1.807) is 4.90 Å². The van der Waals surface area contributed by atoms with Crippen LogP contribution in [0.25, 0.3) is 0 Å². The van der Waals surface area contributed by atoms with E-state index < -0.39 is 29.1 Å². The topological polar surface area (TPSA) is 108 Å². The van der Waals surface area contributed by atoms with Crippen LogP contribution in [0.1, 0.15) is 65.7 Å². The minimum atomic E-state index is -1.00. The molecular weight excluding hydrogens is 446 g/mol. The summed E-state index contributed by atoms with van der Waals surface area (Å²) < 4.78 is 6.62. The minimum absolute atomic E-state index is 0.0133. The van der Waals surface area contributed by atoms with E-state index in [-0.39, 0.29) is 30.4 Å². The van der Waals surface area contributed by atoms with Crippen LogP contribution in [0.2, 0.25) is 0 Å². The van der Waals surface area contributed by atoms with Gasteiger partial charge in [0.1, 0.15) is 11.6 Å². The third kappa shape index (κ3) is 4.58. The number of aliphatic hydroxyl groups is 1. The number of hydrogen-bond acceptors (Lipinski definition) is 5. The number of para-hydroxylation sites is 1. The number of ether oxygens (including phenoxy) is 1. The highest BCUT2D eigenvalue weighted by atomic mass is 16.5. The summed E-state index contributed by atoms with van der Waals surface area (Å²) >= 11 is 0. The molecule has 1 aromatic rings. The molecule has 3 heterocycles. The van der Waals surface area contributed by atoms with Crippen molar-refractivity contribution in [2.24, 2.45) is 11.8 Å². The summed E-state index contributed by atoms with van der Waals surface area (Å²) in [6, 6.07) is 8.44. The molecule has 1 aromatic carbocycles. The van der Waals surface area contributed by atoms with Crippen LogP contribution < -0.4 is 10.6 Å². The van der Waals surface area contributed by atoms with Gasteiger partial charge in [0.25, 0.3) is 0 Å². The second-order valence-corrected chi connectivity index (χ2v) is 10.6. The highest BCUT2D eigenvalue weighted by Gasteiger charge is 2.77. The maximum Gasteiger partial charge on any atom is 0.246 e. The molecule has 6 atom stereocenters. The van der Waals surface area contributed by atoms with Gasteiger partial charge >= 0.3 is 0 Å². The number of nitrogens with zero attached hydrogens (tertiary/aromatic N) is 1. The number of nitrogens with one attached hydrogen (secondary N) is 2. The van der Waals surface area contributed by atoms with Gasteiger partial charge in [-0.15, -0.1) is 0 Å². The van der Waals surface area contributed by atoms with E-state index in [4.69, 9.17) is 9.84 Å². The molecule has 192 valence electrons. The van der Waals surface area contributed by atoms with Crippen LogP contribution in [0, 0.1) is 11.8 Å². The van der Waals surface area contributed by atoms with Crippen LogP contribution in [-0.4, -0.2) is 64.2 Å². The molecule has 0 aliphatic carbocycles. The molecular formula is C27H39N3O5. The molecule has 0 radical (unpaired) electrons. The molecule has 3 N–H and O–H groups in total. The largest absolute Gasteiger partial charge is 0.396 e. The lowest BCUT2D eigenvalue weighted by Gasteiger charge is -2.34. The predicted octanol–water partition coefficient (Wildman–Crippen LogP) is 2.86. The number of amides is 3. The van der Waals surface area contributed by atoms with Crippen molar-refractivity contribution < 1.29 is 24.2 Å². The Labute approximate surface area is 207 Å². The predicted molar refractivity (Wildman–Crippen MR) is 132 cm³/mol. The molecule has 3 aliphatic heterocycles. The zero-order valence-corrected chi connectivity index (χ0v) is 21.1. The van der Waals surface area contributed by atoms with E-state index >= 15 is 0 Å². The summed E-state index contributed by atoms with van der Waals surface area (Å²) in [4.78, 5) is 42.8. The number of rotatable bonds is 11. The zero-order chi connectivity index (χ0) is 25.2. The van der Waals surface area contributed by atoms with Crippen molar-refractivity contribution in [1.82, 2.24) is 10.2 Å². The van der Waals surface area contributed by atoms with Gasteiger partial charge in [0.05, 0.1) is 17.4 Å². The smallest absolute Gasteiger partial charge is 0.246 e. The quantitative estimate of drug-likeness (QED) is 0.418. The van der Waals surface area contributed by atoms with Gasteiger partial charge in [0.15, 0.2) is 0 Å². The van der Waals surface area contributed by atoms with Crippen molar-refractivity contribution in [3.8, 4) is 0 Å². The molecule has 3 aliphatic rings. The number of hydrogen-bond donors (Lipinski definition) is 3. The lowest BCUT2D eigenvalue weighted by molar-refractivity contribution is -0.145. The van der Waals surface area contributed by atoms with Crippen LogP contribution in [0.15, 0.2) is 30.3 Å². The fourth-order valence-electron chi connectivity index (χ4n) is 6.51. The van der Waals surface area contributed by atoms with Crippen molar-refractivity contribution in [3.05, 3.63) is 30.3 Å². The van der Waals surface area contributed by atoms with Crippen molar-refractivity contribution in [3.63, 3.8) is 0 Å². The number of aliphatic hydroxyl groups excluding tert-OH is 1. The Hall–Kier alpha value is -2.45. The van der Waals surface area contributed by atoms with Gasteiger partial charge in [-0.3, -0.25) is 14.4 Å². The number of anilines is 1. The molecule has 0 saturated carbocycles. The molecule has 2 bridgehead atoms. The molecule has 3 fully saturated rings. The summed E-state index contributed by atoms with van der Waals surface area (Å²) in [5.74, 6) is -1.97. The van der Waals surface area contributed by atoms with Crippen molar-refractivity contribution >= 4 is 23.4 Å². The Morgan fingerprint density at radius 1 is 1.17 bits per heavy atom. The van der Waals surface area contributed by atoms with Gasteiger partial charge in [0, 0.05) is 24.9 Å². The van der Waals surface area contributed by atoms with Gasteiger partial charge in [-0.2, -0.15) is 0 Å². The number of carbonyl (C=O) groups is 3. The normalized spacial score (nSPS) is 31.9. The van der Waals surface area contributed by atoms with Gasteiger partial charge in [-0.1, -0.05) is 31.5 Å². The van der Waals surface area contributed by atoms with Gasteiger partial charge < -0.3 is 25.4 Å². The third-order valence-corrected chi connectivity index (χ3v) is 8.02. The first kappa shape index (κ1) is 25.6.